The van der Waals surface area contributed by atoms with Crippen molar-refractivity contribution in [1.82, 2.24) is 0 Å². The maximum Gasteiger partial charge on any atom is 0.416 e. The average molecular weight is 343 g/mol. The normalized spacial score (nSPS) is 13.8. The van der Waals surface area contributed by atoms with E-state index < -0.39 is 33.4 Å². The lowest BCUT2D eigenvalue weighted by Crippen LogP contribution is -2.25. The molecular formula is C16H16F3NO2S. The van der Waals surface area contributed by atoms with Crippen LogP contribution in [-0.4, -0.2) is 15.0 Å². The molecule has 1 atom stereocenters. The van der Waals surface area contributed by atoms with Gasteiger partial charge in [0.1, 0.15) is 5.25 Å². The fourth-order valence-corrected chi connectivity index (χ4v) is 3.99. The van der Waals surface area contributed by atoms with Crippen LogP contribution in [0.25, 0.3) is 0 Å². The summed E-state index contributed by atoms with van der Waals surface area (Å²) < 4.78 is 64.9. The Labute approximate surface area is 132 Å². The Morgan fingerprint density at radius 2 is 1.61 bits per heavy atom. The van der Waals surface area contributed by atoms with Crippen molar-refractivity contribution in [2.24, 2.45) is 5.73 Å². The molecule has 0 saturated carbocycles. The smallest absolute Gasteiger partial charge is 0.329 e. The van der Waals surface area contributed by atoms with Crippen LogP contribution in [0.15, 0.2) is 53.4 Å². The highest BCUT2D eigenvalue weighted by Crippen LogP contribution is 2.38. The standard InChI is InChI=1S/C16H16F3NO2S/c1-11-6-8-12(9-7-11)23(21,22)15(10-20)13-4-2-3-5-14(13)16(17,18)19/h2-9,15H,10,20H2,1H3/t15-/m0/s1. The minimum absolute atomic E-state index is 0.0458. The monoisotopic (exact) mass is 343 g/mol. The number of hydrogen-bond donors (Lipinski definition) is 1. The zero-order valence-corrected chi connectivity index (χ0v) is 13.2. The second kappa shape index (κ2) is 6.33. The Hall–Kier alpha value is -1.86. The van der Waals surface area contributed by atoms with E-state index >= 15 is 0 Å². The average Bonchev–Trinajstić information content (AvgIpc) is 2.47. The second-order valence-corrected chi connectivity index (χ2v) is 7.30. The van der Waals surface area contributed by atoms with Gasteiger partial charge in [-0.2, -0.15) is 13.2 Å². The van der Waals surface area contributed by atoms with Gasteiger partial charge in [-0.25, -0.2) is 8.42 Å². The van der Waals surface area contributed by atoms with E-state index in [1.807, 2.05) is 0 Å². The van der Waals surface area contributed by atoms with Gasteiger partial charge >= 0.3 is 6.18 Å². The highest BCUT2D eigenvalue weighted by molar-refractivity contribution is 7.91. The first-order valence-electron chi connectivity index (χ1n) is 6.84. The van der Waals surface area contributed by atoms with Crippen LogP contribution < -0.4 is 5.73 Å². The molecule has 0 radical (unpaired) electrons. The summed E-state index contributed by atoms with van der Waals surface area (Å²) in [7, 11) is -4.03. The van der Waals surface area contributed by atoms with Gasteiger partial charge in [0.2, 0.25) is 0 Å². The minimum Gasteiger partial charge on any atom is -0.329 e. The predicted molar refractivity (Wildman–Crippen MR) is 81.6 cm³/mol. The first-order valence-corrected chi connectivity index (χ1v) is 8.39. The van der Waals surface area contributed by atoms with Gasteiger partial charge in [0.15, 0.2) is 9.84 Å². The summed E-state index contributed by atoms with van der Waals surface area (Å²) in [6.45, 7) is 1.35. The van der Waals surface area contributed by atoms with Crippen molar-refractivity contribution >= 4 is 9.84 Å². The highest BCUT2D eigenvalue weighted by Gasteiger charge is 2.38. The fourth-order valence-electron chi connectivity index (χ4n) is 2.35. The van der Waals surface area contributed by atoms with Crippen molar-refractivity contribution in [3.05, 3.63) is 65.2 Å². The third kappa shape index (κ3) is 3.56. The first-order chi connectivity index (χ1) is 10.7. The van der Waals surface area contributed by atoms with Crippen molar-refractivity contribution in [2.45, 2.75) is 23.2 Å². The van der Waals surface area contributed by atoms with E-state index in [0.717, 1.165) is 17.7 Å². The molecule has 0 saturated heterocycles. The number of benzene rings is 2. The SMILES string of the molecule is Cc1ccc(S(=O)(=O)[C@@H](CN)c2ccccc2C(F)(F)F)cc1. The highest BCUT2D eigenvalue weighted by atomic mass is 32.2. The molecule has 0 heterocycles. The number of alkyl halides is 3. The molecule has 2 aromatic rings. The summed E-state index contributed by atoms with van der Waals surface area (Å²) in [4.78, 5) is -0.0458. The van der Waals surface area contributed by atoms with Crippen LogP contribution in [0.5, 0.6) is 0 Å². The van der Waals surface area contributed by atoms with Gasteiger partial charge in [-0.05, 0) is 30.7 Å². The van der Waals surface area contributed by atoms with Crippen LogP contribution in [0, 0.1) is 6.92 Å². The van der Waals surface area contributed by atoms with E-state index in [1.54, 1.807) is 19.1 Å². The summed E-state index contributed by atoms with van der Waals surface area (Å²) in [6.07, 6.45) is -4.65. The van der Waals surface area contributed by atoms with E-state index in [1.165, 1.54) is 24.3 Å². The molecule has 0 unspecified atom stereocenters. The number of aryl methyl sites for hydroxylation is 1. The summed E-state index contributed by atoms with van der Waals surface area (Å²) in [5.74, 6) is 0. The molecule has 0 aliphatic rings. The van der Waals surface area contributed by atoms with Crippen LogP contribution in [0.1, 0.15) is 21.9 Å². The zero-order chi connectivity index (χ0) is 17.3. The Kier molecular flexibility index (Phi) is 4.81. The molecule has 23 heavy (non-hydrogen) atoms. The fraction of sp³-hybridized carbons (Fsp3) is 0.250. The number of sulfone groups is 1. The number of rotatable bonds is 4. The Bertz CT molecular complexity index is 784. The van der Waals surface area contributed by atoms with Crippen molar-refractivity contribution in [2.75, 3.05) is 6.54 Å². The van der Waals surface area contributed by atoms with Gasteiger partial charge in [0.25, 0.3) is 0 Å². The van der Waals surface area contributed by atoms with Crippen molar-refractivity contribution in [1.29, 1.82) is 0 Å². The van der Waals surface area contributed by atoms with Gasteiger partial charge in [-0.1, -0.05) is 35.9 Å². The van der Waals surface area contributed by atoms with Crippen LogP contribution in [0.4, 0.5) is 13.2 Å². The number of halogens is 3. The molecule has 0 aliphatic heterocycles. The lowest BCUT2D eigenvalue weighted by molar-refractivity contribution is -0.138. The predicted octanol–water partition coefficient (Wildman–Crippen LogP) is 3.49. The van der Waals surface area contributed by atoms with Crippen LogP contribution in [-0.2, 0) is 16.0 Å². The Morgan fingerprint density at radius 3 is 2.13 bits per heavy atom. The summed E-state index contributed by atoms with van der Waals surface area (Å²) in [6, 6.07) is 10.6. The van der Waals surface area contributed by atoms with E-state index in [0.29, 0.717) is 0 Å². The maximum atomic E-state index is 13.2. The molecule has 2 N–H and O–H groups in total. The van der Waals surface area contributed by atoms with Gasteiger partial charge in [0, 0.05) is 6.54 Å². The van der Waals surface area contributed by atoms with Gasteiger partial charge in [-0.15, -0.1) is 0 Å². The maximum absolute atomic E-state index is 13.2. The quantitative estimate of drug-likeness (QED) is 0.924. The zero-order valence-electron chi connectivity index (χ0n) is 12.3. The lowest BCUT2D eigenvalue weighted by atomic mass is 10.0. The third-order valence-electron chi connectivity index (χ3n) is 3.55. The molecule has 0 amide bonds. The topological polar surface area (TPSA) is 60.2 Å². The van der Waals surface area contributed by atoms with E-state index in [2.05, 4.69) is 0 Å². The molecule has 2 rings (SSSR count). The second-order valence-electron chi connectivity index (χ2n) is 5.17. The first kappa shape index (κ1) is 17.5. The molecule has 124 valence electrons. The number of hydrogen-bond acceptors (Lipinski definition) is 3. The summed E-state index contributed by atoms with van der Waals surface area (Å²) >= 11 is 0. The molecule has 0 spiro atoms. The Balaban J connectivity index is 2.59. The molecule has 0 fully saturated rings. The van der Waals surface area contributed by atoms with Gasteiger partial charge in [-0.3, -0.25) is 0 Å². The minimum atomic E-state index is -4.65. The van der Waals surface area contributed by atoms with Crippen LogP contribution in [0.2, 0.25) is 0 Å². The van der Waals surface area contributed by atoms with Gasteiger partial charge in [0.05, 0.1) is 10.5 Å². The molecule has 0 aromatic heterocycles. The van der Waals surface area contributed by atoms with Crippen molar-refractivity contribution < 1.29 is 21.6 Å². The summed E-state index contributed by atoms with van der Waals surface area (Å²) in [5, 5.41) is -1.46. The van der Waals surface area contributed by atoms with E-state index in [4.69, 9.17) is 5.73 Å². The van der Waals surface area contributed by atoms with E-state index in [-0.39, 0.29) is 10.5 Å². The molecule has 2 aromatic carbocycles. The molecule has 3 nitrogen and oxygen atoms in total. The molecule has 0 bridgehead atoms. The number of nitrogens with two attached hydrogens (primary N) is 1. The lowest BCUT2D eigenvalue weighted by Gasteiger charge is -2.21. The Morgan fingerprint density at radius 1 is 1.04 bits per heavy atom. The third-order valence-corrected chi connectivity index (χ3v) is 5.68. The van der Waals surface area contributed by atoms with Crippen molar-refractivity contribution in [3.8, 4) is 0 Å². The van der Waals surface area contributed by atoms with Gasteiger partial charge < -0.3 is 5.73 Å². The largest absolute Gasteiger partial charge is 0.416 e. The molecule has 7 heteroatoms. The summed E-state index contributed by atoms with van der Waals surface area (Å²) in [5.41, 5.74) is 5.06. The molecular weight excluding hydrogens is 327 g/mol. The van der Waals surface area contributed by atoms with Crippen molar-refractivity contribution in [3.63, 3.8) is 0 Å². The van der Waals surface area contributed by atoms with Crippen LogP contribution >= 0.6 is 0 Å². The van der Waals surface area contributed by atoms with E-state index in [9.17, 15) is 21.6 Å². The molecule has 0 aliphatic carbocycles. The van der Waals surface area contributed by atoms with Crippen LogP contribution in [0.3, 0.4) is 0 Å².